The van der Waals surface area contributed by atoms with E-state index < -0.39 is 0 Å². The van der Waals surface area contributed by atoms with Crippen LogP contribution in [0.2, 0.25) is 0 Å². The summed E-state index contributed by atoms with van der Waals surface area (Å²) in [4.78, 5) is 14.2. The molecule has 2 rings (SSSR count). The molecule has 1 aliphatic rings. The highest BCUT2D eigenvalue weighted by atomic mass is 79.9. The number of rotatable bonds is 2. The minimum absolute atomic E-state index is 0.00374. The molecule has 1 aromatic carbocycles. The highest BCUT2D eigenvalue weighted by Gasteiger charge is 2.29. The molecule has 3 nitrogen and oxygen atoms in total. The third-order valence-corrected chi connectivity index (χ3v) is 4.43. The number of ether oxygens (including phenoxy) is 1. The van der Waals surface area contributed by atoms with Crippen LogP contribution in [0.25, 0.3) is 0 Å². The first-order valence-electron chi connectivity index (χ1n) is 5.96. The molecular weight excluding hydrogens is 381 g/mol. The van der Waals surface area contributed by atoms with Crippen LogP contribution in [-0.4, -0.2) is 41.4 Å². The van der Waals surface area contributed by atoms with Crippen molar-refractivity contribution in [3.63, 3.8) is 0 Å². The molecule has 2 atom stereocenters. The highest BCUT2D eigenvalue weighted by molar-refractivity contribution is 9.10. The van der Waals surface area contributed by atoms with E-state index in [1.165, 1.54) is 18.2 Å². The molecular formula is C13H14Br2FNO2. The fourth-order valence-electron chi connectivity index (χ4n) is 1.99. The van der Waals surface area contributed by atoms with Crippen LogP contribution in [0.1, 0.15) is 17.3 Å². The standard InChI is InChI=1S/C13H14Br2FNO2/c1-8-7-19-10(5-14)6-17(8)13(18)9-2-3-12(16)11(15)4-9/h2-4,8,10H,5-7H2,1H3. The molecule has 104 valence electrons. The summed E-state index contributed by atoms with van der Waals surface area (Å²) in [6.45, 7) is 3.01. The van der Waals surface area contributed by atoms with E-state index in [-0.39, 0.29) is 23.9 Å². The molecule has 19 heavy (non-hydrogen) atoms. The van der Waals surface area contributed by atoms with Crippen LogP contribution in [0, 0.1) is 5.82 Å². The van der Waals surface area contributed by atoms with E-state index in [0.29, 0.717) is 28.5 Å². The van der Waals surface area contributed by atoms with Crippen molar-refractivity contribution in [2.45, 2.75) is 19.1 Å². The Morgan fingerprint density at radius 2 is 2.32 bits per heavy atom. The van der Waals surface area contributed by atoms with E-state index in [9.17, 15) is 9.18 Å². The monoisotopic (exact) mass is 393 g/mol. The van der Waals surface area contributed by atoms with E-state index in [0.717, 1.165) is 0 Å². The number of benzene rings is 1. The fourth-order valence-corrected chi connectivity index (χ4v) is 2.76. The summed E-state index contributed by atoms with van der Waals surface area (Å²) in [5.41, 5.74) is 0.482. The number of carbonyl (C=O) groups excluding carboxylic acids is 1. The second kappa shape index (κ2) is 6.33. The summed E-state index contributed by atoms with van der Waals surface area (Å²) in [6, 6.07) is 4.34. The van der Waals surface area contributed by atoms with Crippen LogP contribution in [-0.2, 0) is 4.74 Å². The average Bonchev–Trinajstić information content (AvgIpc) is 2.41. The quantitative estimate of drug-likeness (QED) is 0.721. The molecule has 1 aromatic rings. The smallest absolute Gasteiger partial charge is 0.254 e. The highest BCUT2D eigenvalue weighted by Crippen LogP contribution is 2.21. The van der Waals surface area contributed by atoms with Crippen LogP contribution < -0.4 is 0 Å². The van der Waals surface area contributed by atoms with Gasteiger partial charge in [0, 0.05) is 17.4 Å². The summed E-state index contributed by atoms with van der Waals surface area (Å²) < 4.78 is 19.1. The number of morpholine rings is 1. The van der Waals surface area contributed by atoms with Gasteiger partial charge in [0.2, 0.25) is 0 Å². The van der Waals surface area contributed by atoms with Crippen LogP contribution in [0.4, 0.5) is 4.39 Å². The predicted octanol–water partition coefficient (Wildman–Crippen LogP) is 3.21. The van der Waals surface area contributed by atoms with Gasteiger partial charge in [0.15, 0.2) is 0 Å². The lowest BCUT2D eigenvalue weighted by Gasteiger charge is -2.37. The van der Waals surface area contributed by atoms with Gasteiger partial charge in [-0.05, 0) is 41.1 Å². The average molecular weight is 395 g/mol. The topological polar surface area (TPSA) is 29.5 Å². The molecule has 0 N–H and O–H groups in total. The van der Waals surface area contributed by atoms with Gasteiger partial charge in [0.1, 0.15) is 5.82 Å². The van der Waals surface area contributed by atoms with E-state index in [2.05, 4.69) is 31.9 Å². The van der Waals surface area contributed by atoms with Gasteiger partial charge in [-0.1, -0.05) is 15.9 Å². The zero-order valence-corrected chi connectivity index (χ0v) is 13.6. The molecule has 1 aliphatic heterocycles. The van der Waals surface area contributed by atoms with Crippen molar-refractivity contribution < 1.29 is 13.9 Å². The van der Waals surface area contributed by atoms with Gasteiger partial charge in [-0.15, -0.1) is 0 Å². The molecule has 0 radical (unpaired) electrons. The number of amides is 1. The molecule has 1 saturated heterocycles. The lowest BCUT2D eigenvalue weighted by molar-refractivity contribution is -0.0361. The Kier molecular flexibility index (Phi) is 4.97. The van der Waals surface area contributed by atoms with Gasteiger partial charge in [-0.3, -0.25) is 4.79 Å². The maximum atomic E-state index is 13.2. The van der Waals surface area contributed by atoms with Crippen molar-refractivity contribution >= 4 is 37.8 Å². The first-order chi connectivity index (χ1) is 9.02. The SMILES string of the molecule is CC1COC(CBr)CN1C(=O)c1ccc(F)c(Br)c1. The molecule has 0 bridgehead atoms. The maximum absolute atomic E-state index is 13.2. The number of alkyl halides is 1. The maximum Gasteiger partial charge on any atom is 0.254 e. The number of carbonyl (C=O) groups is 1. The van der Waals surface area contributed by atoms with Crippen molar-refractivity contribution in [2.75, 3.05) is 18.5 Å². The molecule has 0 saturated carbocycles. The van der Waals surface area contributed by atoms with Crippen molar-refractivity contribution in [2.24, 2.45) is 0 Å². The van der Waals surface area contributed by atoms with Gasteiger partial charge < -0.3 is 9.64 Å². The summed E-state index contributed by atoms with van der Waals surface area (Å²) in [7, 11) is 0. The number of hydrogen-bond acceptors (Lipinski definition) is 2. The van der Waals surface area contributed by atoms with Gasteiger partial charge in [-0.25, -0.2) is 4.39 Å². The van der Waals surface area contributed by atoms with Gasteiger partial charge >= 0.3 is 0 Å². The molecule has 6 heteroatoms. The van der Waals surface area contributed by atoms with Crippen molar-refractivity contribution in [3.05, 3.63) is 34.1 Å². The summed E-state index contributed by atoms with van der Waals surface area (Å²) in [6.07, 6.45) is 0.00374. The summed E-state index contributed by atoms with van der Waals surface area (Å²) in [5, 5.41) is 0.691. The molecule has 1 amide bonds. The first-order valence-corrected chi connectivity index (χ1v) is 7.88. The van der Waals surface area contributed by atoms with Crippen LogP contribution in [0.5, 0.6) is 0 Å². The molecule has 0 spiro atoms. The van der Waals surface area contributed by atoms with E-state index in [1.807, 2.05) is 6.92 Å². The molecule has 1 fully saturated rings. The van der Waals surface area contributed by atoms with Gasteiger partial charge in [0.05, 0.1) is 23.2 Å². The summed E-state index contributed by atoms with van der Waals surface area (Å²) in [5.74, 6) is -0.465. The Hall–Kier alpha value is -0.460. The Bertz CT molecular complexity index is 484. The molecule has 0 aromatic heterocycles. The number of hydrogen-bond donors (Lipinski definition) is 0. The Morgan fingerprint density at radius 1 is 1.58 bits per heavy atom. The van der Waals surface area contributed by atoms with Crippen molar-refractivity contribution in [1.29, 1.82) is 0 Å². The Balaban J connectivity index is 2.19. The normalized spacial score (nSPS) is 23.5. The summed E-state index contributed by atoms with van der Waals surface area (Å²) >= 11 is 6.47. The minimum atomic E-state index is -0.370. The third-order valence-electron chi connectivity index (χ3n) is 3.11. The first kappa shape index (κ1) is 14.9. The number of halogens is 3. The fraction of sp³-hybridized carbons (Fsp3) is 0.462. The van der Waals surface area contributed by atoms with Gasteiger partial charge in [-0.2, -0.15) is 0 Å². The Morgan fingerprint density at radius 3 is 2.95 bits per heavy atom. The second-order valence-corrected chi connectivity index (χ2v) is 6.05. The van der Waals surface area contributed by atoms with E-state index in [1.54, 1.807) is 4.90 Å². The molecule has 2 unspecified atom stereocenters. The zero-order chi connectivity index (χ0) is 14.0. The molecule has 0 aliphatic carbocycles. The van der Waals surface area contributed by atoms with Crippen LogP contribution in [0.15, 0.2) is 22.7 Å². The van der Waals surface area contributed by atoms with E-state index in [4.69, 9.17) is 4.74 Å². The van der Waals surface area contributed by atoms with Gasteiger partial charge in [0.25, 0.3) is 5.91 Å². The van der Waals surface area contributed by atoms with Crippen molar-refractivity contribution in [1.82, 2.24) is 4.90 Å². The third kappa shape index (κ3) is 3.35. The lowest BCUT2D eigenvalue weighted by atomic mass is 10.1. The lowest BCUT2D eigenvalue weighted by Crippen LogP contribution is -2.51. The van der Waals surface area contributed by atoms with Crippen molar-refractivity contribution in [3.8, 4) is 0 Å². The predicted molar refractivity (Wildman–Crippen MR) is 78.1 cm³/mol. The molecule has 1 heterocycles. The number of nitrogens with zero attached hydrogens (tertiary/aromatic N) is 1. The zero-order valence-electron chi connectivity index (χ0n) is 10.4. The minimum Gasteiger partial charge on any atom is -0.373 e. The Labute approximate surface area is 128 Å². The second-order valence-electron chi connectivity index (χ2n) is 4.55. The largest absolute Gasteiger partial charge is 0.373 e. The van der Waals surface area contributed by atoms with Crippen LogP contribution in [0.3, 0.4) is 0 Å². The van der Waals surface area contributed by atoms with E-state index >= 15 is 0 Å². The van der Waals surface area contributed by atoms with Crippen LogP contribution >= 0.6 is 31.9 Å².